The number of aryl methyl sites for hydroxylation is 1. The lowest BCUT2D eigenvalue weighted by atomic mass is 9.79. The Balaban J connectivity index is 1.26. The van der Waals surface area contributed by atoms with Crippen LogP contribution in [0.15, 0.2) is 42.9 Å². The normalized spacial score (nSPS) is 20.6. The van der Waals surface area contributed by atoms with Crippen LogP contribution in [0.5, 0.6) is 0 Å². The number of nitrogens with zero attached hydrogens (tertiary/aromatic N) is 3. The highest BCUT2D eigenvalue weighted by Gasteiger charge is 2.54. The van der Waals surface area contributed by atoms with Crippen LogP contribution in [0.1, 0.15) is 34.5 Å². The molecule has 2 aliphatic heterocycles. The Morgan fingerprint density at radius 3 is 2.96 bits per heavy atom. The summed E-state index contributed by atoms with van der Waals surface area (Å²) in [5.74, 6) is 0.474. The van der Waals surface area contributed by atoms with E-state index in [1.54, 1.807) is 12.4 Å². The average molecular weight is 367 g/mol. The lowest BCUT2D eigenvalue weighted by Gasteiger charge is -2.50. The van der Waals surface area contributed by atoms with Crippen molar-refractivity contribution in [3.63, 3.8) is 0 Å². The Labute approximate surface area is 159 Å². The minimum atomic E-state index is -0.189. The van der Waals surface area contributed by atoms with Gasteiger partial charge >= 0.3 is 0 Å². The number of carbonyl (C=O) groups excluding carboxylic acids is 1. The lowest BCUT2D eigenvalue weighted by molar-refractivity contribution is -0.120. The molecule has 0 saturated carbocycles. The summed E-state index contributed by atoms with van der Waals surface area (Å²) in [5.41, 5.74) is 2.45. The SMILES string of the molecule is Cc1ccc(C(=O)N2CC3(C2)OCCC3CCOCc2cccnc2)cn1. The van der Waals surface area contributed by atoms with Crippen molar-refractivity contribution < 1.29 is 14.3 Å². The summed E-state index contributed by atoms with van der Waals surface area (Å²) in [6, 6.07) is 7.65. The van der Waals surface area contributed by atoms with E-state index in [1.807, 2.05) is 42.3 Å². The molecule has 1 atom stereocenters. The first-order valence-corrected chi connectivity index (χ1v) is 9.49. The van der Waals surface area contributed by atoms with Gasteiger partial charge in [0, 0.05) is 37.5 Å². The summed E-state index contributed by atoms with van der Waals surface area (Å²) < 4.78 is 11.9. The predicted octanol–water partition coefficient (Wildman–Crippen LogP) is 2.62. The van der Waals surface area contributed by atoms with Gasteiger partial charge in [-0.05, 0) is 49.4 Å². The number of hydrogen-bond acceptors (Lipinski definition) is 5. The van der Waals surface area contributed by atoms with Crippen molar-refractivity contribution in [2.24, 2.45) is 5.92 Å². The molecule has 0 aliphatic carbocycles. The molecule has 2 aromatic rings. The summed E-state index contributed by atoms with van der Waals surface area (Å²) in [7, 11) is 0. The van der Waals surface area contributed by atoms with Gasteiger partial charge in [0.25, 0.3) is 5.91 Å². The minimum absolute atomic E-state index is 0.0372. The van der Waals surface area contributed by atoms with Gasteiger partial charge in [-0.25, -0.2) is 0 Å². The van der Waals surface area contributed by atoms with Gasteiger partial charge < -0.3 is 14.4 Å². The molecule has 2 fully saturated rings. The molecule has 0 aromatic carbocycles. The fourth-order valence-corrected chi connectivity index (χ4v) is 3.96. The van der Waals surface area contributed by atoms with Crippen LogP contribution in [0.2, 0.25) is 0 Å². The molecule has 1 unspecified atom stereocenters. The third-order valence-corrected chi connectivity index (χ3v) is 5.56. The smallest absolute Gasteiger partial charge is 0.255 e. The van der Waals surface area contributed by atoms with Crippen LogP contribution in [-0.4, -0.2) is 52.7 Å². The second kappa shape index (κ2) is 7.74. The molecule has 2 aromatic heterocycles. The van der Waals surface area contributed by atoms with Crippen LogP contribution in [-0.2, 0) is 16.1 Å². The Kier molecular flexibility index (Phi) is 5.18. The molecule has 2 saturated heterocycles. The predicted molar refractivity (Wildman–Crippen MR) is 100 cm³/mol. The third kappa shape index (κ3) is 3.87. The van der Waals surface area contributed by atoms with Crippen LogP contribution < -0.4 is 0 Å². The molecule has 0 bridgehead atoms. The quantitative estimate of drug-likeness (QED) is 0.735. The molecular weight excluding hydrogens is 342 g/mol. The zero-order valence-corrected chi connectivity index (χ0v) is 15.6. The van der Waals surface area contributed by atoms with Crippen molar-refractivity contribution in [3.05, 3.63) is 59.7 Å². The first-order chi connectivity index (χ1) is 13.2. The van der Waals surface area contributed by atoms with Crippen molar-refractivity contribution in [1.82, 2.24) is 14.9 Å². The molecule has 6 nitrogen and oxygen atoms in total. The monoisotopic (exact) mass is 367 g/mol. The van der Waals surface area contributed by atoms with Crippen LogP contribution in [0.3, 0.4) is 0 Å². The summed E-state index contributed by atoms with van der Waals surface area (Å²) in [4.78, 5) is 22.8. The minimum Gasteiger partial charge on any atom is -0.377 e. The fourth-order valence-electron chi connectivity index (χ4n) is 3.96. The third-order valence-electron chi connectivity index (χ3n) is 5.56. The standard InChI is InChI=1S/C21H25N3O3/c1-16-4-5-18(12-23-16)20(25)24-14-21(15-24)19(7-10-27-21)6-9-26-13-17-3-2-8-22-11-17/h2-5,8,11-12,19H,6-7,9-10,13-15H2,1H3. The Hall–Kier alpha value is -2.31. The number of hydrogen-bond donors (Lipinski definition) is 0. The molecule has 0 N–H and O–H groups in total. The van der Waals surface area contributed by atoms with Crippen molar-refractivity contribution in [1.29, 1.82) is 0 Å². The molecule has 1 spiro atoms. The first-order valence-electron chi connectivity index (χ1n) is 9.49. The van der Waals surface area contributed by atoms with E-state index < -0.39 is 0 Å². The van der Waals surface area contributed by atoms with Crippen LogP contribution >= 0.6 is 0 Å². The van der Waals surface area contributed by atoms with E-state index in [2.05, 4.69) is 9.97 Å². The number of likely N-dealkylation sites (tertiary alicyclic amines) is 1. The van der Waals surface area contributed by atoms with E-state index in [0.29, 0.717) is 37.8 Å². The molecule has 2 aliphatic rings. The van der Waals surface area contributed by atoms with Gasteiger partial charge in [0.2, 0.25) is 0 Å². The maximum Gasteiger partial charge on any atom is 0.255 e. The van der Waals surface area contributed by atoms with Crippen LogP contribution in [0.4, 0.5) is 0 Å². The van der Waals surface area contributed by atoms with Crippen molar-refractivity contribution in [2.45, 2.75) is 32.0 Å². The fraction of sp³-hybridized carbons (Fsp3) is 0.476. The van der Waals surface area contributed by atoms with E-state index in [0.717, 1.165) is 30.7 Å². The number of ether oxygens (including phenoxy) is 2. The highest BCUT2D eigenvalue weighted by molar-refractivity contribution is 5.94. The molecule has 4 heterocycles. The summed E-state index contributed by atoms with van der Waals surface area (Å²) in [5, 5.41) is 0. The Bertz CT molecular complexity index is 773. The van der Waals surface area contributed by atoms with Gasteiger partial charge in [-0.1, -0.05) is 6.07 Å². The number of amides is 1. The van der Waals surface area contributed by atoms with Gasteiger partial charge in [-0.15, -0.1) is 0 Å². The highest BCUT2D eigenvalue weighted by Crippen LogP contribution is 2.42. The van der Waals surface area contributed by atoms with E-state index in [9.17, 15) is 4.79 Å². The summed E-state index contributed by atoms with van der Waals surface area (Å²) in [6.07, 6.45) is 7.23. The topological polar surface area (TPSA) is 64.6 Å². The van der Waals surface area contributed by atoms with Gasteiger partial charge in [0.15, 0.2) is 0 Å². The number of rotatable bonds is 6. The van der Waals surface area contributed by atoms with Gasteiger partial charge in [-0.3, -0.25) is 14.8 Å². The molecule has 0 radical (unpaired) electrons. The Morgan fingerprint density at radius 2 is 2.22 bits per heavy atom. The molecule has 27 heavy (non-hydrogen) atoms. The van der Waals surface area contributed by atoms with Crippen molar-refractivity contribution in [3.8, 4) is 0 Å². The molecule has 142 valence electrons. The van der Waals surface area contributed by atoms with Crippen molar-refractivity contribution >= 4 is 5.91 Å². The van der Waals surface area contributed by atoms with Gasteiger partial charge in [0.1, 0.15) is 5.60 Å². The van der Waals surface area contributed by atoms with E-state index in [1.165, 1.54) is 0 Å². The van der Waals surface area contributed by atoms with E-state index >= 15 is 0 Å². The average Bonchev–Trinajstić information content (AvgIpc) is 3.09. The largest absolute Gasteiger partial charge is 0.377 e. The second-order valence-electron chi connectivity index (χ2n) is 7.45. The number of carbonyl (C=O) groups is 1. The summed E-state index contributed by atoms with van der Waals surface area (Å²) >= 11 is 0. The van der Waals surface area contributed by atoms with Crippen molar-refractivity contribution in [2.75, 3.05) is 26.3 Å². The number of aromatic nitrogens is 2. The van der Waals surface area contributed by atoms with E-state index in [-0.39, 0.29) is 11.5 Å². The maximum atomic E-state index is 12.6. The zero-order valence-electron chi connectivity index (χ0n) is 15.6. The lowest BCUT2D eigenvalue weighted by Crippen LogP contribution is -2.66. The Morgan fingerprint density at radius 1 is 1.33 bits per heavy atom. The number of pyridine rings is 2. The second-order valence-corrected chi connectivity index (χ2v) is 7.45. The van der Waals surface area contributed by atoms with Gasteiger partial charge in [-0.2, -0.15) is 0 Å². The molecule has 4 rings (SSSR count). The van der Waals surface area contributed by atoms with E-state index in [4.69, 9.17) is 9.47 Å². The zero-order chi connectivity index (χ0) is 18.7. The van der Waals surface area contributed by atoms with Crippen LogP contribution in [0, 0.1) is 12.8 Å². The van der Waals surface area contributed by atoms with Gasteiger partial charge in [0.05, 0.1) is 25.3 Å². The van der Waals surface area contributed by atoms with Crippen LogP contribution in [0.25, 0.3) is 0 Å². The molecule has 6 heteroatoms. The molecule has 1 amide bonds. The summed E-state index contributed by atoms with van der Waals surface area (Å²) in [6.45, 7) is 5.28. The molecular formula is C21H25N3O3. The highest BCUT2D eigenvalue weighted by atomic mass is 16.5. The maximum absolute atomic E-state index is 12.6. The first kappa shape index (κ1) is 18.1.